The number of hydrogen-bond acceptors (Lipinski definition) is 4. The summed E-state index contributed by atoms with van der Waals surface area (Å²) in [6, 6.07) is 15.8. The molecule has 2 atom stereocenters. The number of carbonyl (C=O) groups excluding carboxylic acids is 1. The normalized spacial score (nSPS) is 13.4. The van der Waals surface area contributed by atoms with Gasteiger partial charge in [-0.1, -0.05) is 54.1 Å². The molecule has 1 aromatic carbocycles. The molecule has 0 saturated heterocycles. The van der Waals surface area contributed by atoms with Crippen molar-refractivity contribution in [3.63, 3.8) is 0 Å². The number of pyridine rings is 2. The highest BCUT2D eigenvalue weighted by Gasteiger charge is 2.32. The highest BCUT2D eigenvalue weighted by atomic mass is 35.5. The molecule has 9 heteroatoms. The predicted molar refractivity (Wildman–Crippen MR) is 116 cm³/mol. The van der Waals surface area contributed by atoms with Gasteiger partial charge in [-0.3, -0.25) is 15.1 Å². The Labute approximate surface area is 189 Å². The van der Waals surface area contributed by atoms with E-state index < -0.39 is 24.0 Å². The van der Waals surface area contributed by atoms with E-state index in [9.17, 15) is 18.0 Å². The van der Waals surface area contributed by atoms with E-state index in [-0.39, 0.29) is 5.91 Å². The molecule has 2 aromatic heterocycles. The molecular weight excluding hydrogens is 441 g/mol. The molecule has 0 bridgehead atoms. The van der Waals surface area contributed by atoms with Gasteiger partial charge >= 0.3 is 6.18 Å². The Hall–Kier alpha value is -2.97. The average Bonchev–Trinajstić information content (AvgIpc) is 2.79. The Bertz CT molecular complexity index is 1030. The lowest BCUT2D eigenvalue weighted by Gasteiger charge is -2.25. The second kappa shape index (κ2) is 10.6. The lowest BCUT2D eigenvalue weighted by molar-refractivity contribution is -0.141. The van der Waals surface area contributed by atoms with Gasteiger partial charge in [0, 0.05) is 13.2 Å². The van der Waals surface area contributed by atoms with Crippen LogP contribution in [0.4, 0.5) is 13.2 Å². The van der Waals surface area contributed by atoms with Crippen molar-refractivity contribution in [1.82, 2.24) is 20.6 Å². The molecule has 32 heavy (non-hydrogen) atoms. The van der Waals surface area contributed by atoms with Gasteiger partial charge in [0.05, 0.1) is 11.7 Å². The molecule has 0 saturated carbocycles. The fourth-order valence-corrected chi connectivity index (χ4v) is 3.47. The lowest BCUT2D eigenvalue weighted by atomic mass is 9.99. The molecule has 2 heterocycles. The Morgan fingerprint density at radius 2 is 1.81 bits per heavy atom. The number of aryl methyl sites for hydroxylation is 1. The van der Waals surface area contributed by atoms with Gasteiger partial charge in [0.25, 0.3) is 0 Å². The molecule has 1 amide bonds. The molecule has 5 nitrogen and oxygen atoms in total. The summed E-state index contributed by atoms with van der Waals surface area (Å²) < 4.78 is 38.3. The maximum atomic E-state index is 12.8. The topological polar surface area (TPSA) is 66.9 Å². The maximum absolute atomic E-state index is 12.8. The number of hydrogen-bond donors (Lipinski definition) is 2. The van der Waals surface area contributed by atoms with Gasteiger partial charge in [-0.25, -0.2) is 4.98 Å². The number of halogens is 4. The predicted octanol–water partition coefficient (Wildman–Crippen LogP) is 4.90. The largest absolute Gasteiger partial charge is 0.433 e. The minimum absolute atomic E-state index is 0.223. The summed E-state index contributed by atoms with van der Waals surface area (Å²) in [5, 5.41) is 6.31. The van der Waals surface area contributed by atoms with E-state index in [1.54, 1.807) is 25.2 Å². The maximum Gasteiger partial charge on any atom is 0.433 e. The lowest BCUT2D eigenvalue weighted by Crippen LogP contribution is -2.38. The molecule has 2 N–H and O–H groups in total. The highest BCUT2D eigenvalue weighted by molar-refractivity contribution is 6.29. The standard InChI is InChI=1S/C23H22ClF3N4O/c1-28-22(32)21(16-6-3-2-4-7-16)31-18(17-8-5-9-20(24)30-17)12-10-15-11-13-19(29-14-15)23(25,26)27/h2-9,11,13-14,18,21,31H,10,12H2,1H3,(H,28,32). The number of rotatable bonds is 8. The summed E-state index contributed by atoms with van der Waals surface area (Å²) in [5.41, 5.74) is 1.11. The monoisotopic (exact) mass is 462 g/mol. The molecule has 168 valence electrons. The fraction of sp³-hybridized carbons (Fsp3) is 0.261. The summed E-state index contributed by atoms with van der Waals surface area (Å²) >= 11 is 6.07. The van der Waals surface area contributed by atoms with Crippen LogP contribution in [0.5, 0.6) is 0 Å². The summed E-state index contributed by atoms with van der Waals surface area (Å²) in [6.07, 6.45) is -2.38. The molecule has 2 unspecified atom stereocenters. The smallest absolute Gasteiger partial charge is 0.358 e. The first kappa shape index (κ1) is 23.7. The van der Waals surface area contributed by atoms with E-state index >= 15 is 0 Å². The SMILES string of the molecule is CNC(=O)C(NC(CCc1ccc(C(F)(F)F)nc1)c1cccc(Cl)n1)c1ccccc1. The van der Waals surface area contributed by atoms with Crippen molar-refractivity contribution in [2.45, 2.75) is 31.1 Å². The van der Waals surface area contributed by atoms with Crippen LogP contribution in [0.25, 0.3) is 0 Å². The van der Waals surface area contributed by atoms with Crippen LogP contribution < -0.4 is 10.6 Å². The summed E-state index contributed by atoms with van der Waals surface area (Å²) in [4.78, 5) is 20.5. The number of aromatic nitrogens is 2. The molecule has 0 fully saturated rings. The first-order chi connectivity index (χ1) is 15.3. The van der Waals surface area contributed by atoms with E-state index in [4.69, 9.17) is 11.6 Å². The van der Waals surface area contributed by atoms with Crippen molar-refractivity contribution in [3.8, 4) is 0 Å². The van der Waals surface area contributed by atoms with Gasteiger partial charge < -0.3 is 5.32 Å². The third kappa shape index (κ3) is 6.27. The van der Waals surface area contributed by atoms with Crippen molar-refractivity contribution < 1.29 is 18.0 Å². The van der Waals surface area contributed by atoms with Crippen LogP contribution in [0, 0.1) is 0 Å². The van der Waals surface area contributed by atoms with Crippen molar-refractivity contribution >= 4 is 17.5 Å². The zero-order valence-electron chi connectivity index (χ0n) is 17.2. The van der Waals surface area contributed by atoms with Gasteiger partial charge in [-0.2, -0.15) is 13.2 Å². The first-order valence-electron chi connectivity index (χ1n) is 9.95. The zero-order chi connectivity index (χ0) is 23.1. The molecule has 0 spiro atoms. The number of nitrogens with one attached hydrogen (secondary N) is 2. The number of alkyl halides is 3. The Morgan fingerprint density at radius 3 is 2.41 bits per heavy atom. The van der Waals surface area contributed by atoms with Gasteiger partial charge in [-0.05, 0) is 42.2 Å². The van der Waals surface area contributed by atoms with E-state index in [0.717, 1.165) is 11.6 Å². The fourth-order valence-electron chi connectivity index (χ4n) is 3.30. The van der Waals surface area contributed by atoms with Crippen LogP contribution in [0.1, 0.15) is 41.0 Å². The minimum Gasteiger partial charge on any atom is -0.358 e. The second-order valence-corrected chi connectivity index (χ2v) is 7.54. The van der Waals surface area contributed by atoms with Crippen LogP contribution in [0.2, 0.25) is 5.15 Å². The van der Waals surface area contributed by atoms with E-state index in [2.05, 4.69) is 20.6 Å². The Kier molecular flexibility index (Phi) is 7.82. The average molecular weight is 463 g/mol. The second-order valence-electron chi connectivity index (χ2n) is 7.15. The number of nitrogens with zero attached hydrogens (tertiary/aromatic N) is 2. The Morgan fingerprint density at radius 1 is 1.06 bits per heavy atom. The third-order valence-electron chi connectivity index (χ3n) is 4.94. The van der Waals surface area contributed by atoms with Crippen molar-refractivity contribution in [3.05, 3.63) is 94.5 Å². The number of benzene rings is 1. The van der Waals surface area contributed by atoms with Crippen LogP contribution >= 0.6 is 11.6 Å². The molecule has 0 aliphatic heterocycles. The van der Waals surface area contributed by atoms with Crippen LogP contribution in [0.15, 0.2) is 66.9 Å². The Balaban J connectivity index is 1.84. The van der Waals surface area contributed by atoms with Crippen molar-refractivity contribution in [2.24, 2.45) is 0 Å². The number of likely N-dealkylation sites (N-methyl/N-ethyl adjacent to an activating group) is 1. The quantitative estimate of drug-likeness (QED) is 0.467. The number of amides is 1. The van der Waals surface area contributed by atoms with E-state index in [0.29, 0.717) is 29.3 Å². The van der Waals surface area contributed by atoms with E-state index in [1.807, 2.05) is 30.3 Å². The highest BCUT2D eigenvalue weighted by Crippen LogP contribution is 2.28. The minimum atomic E-state index is -4.48. The molecule has 3 aromatic rings. The molecular formula is C23H22ClF3N4O. The summed E-state index contributed by atoms with van der Waals surface area (Å²) in [5.74, 6) is -0.223. The summed E-state index contributed by atoms with van der Waals surface area (Å²) in [6.45, 7) is 0. The molecule has 0 aliphatic carbocycles. The van der Waals surface area contributed by atoms with Crippen LogP contribution in [-0.4, -0.2) is 22.9 Å². The molecule has 0 aliphatic rings. The molecule has 3 rings (SSSR count). The summed E-state index contributed by atoms with van der Waals surface area (Å²) in [7, 11) is 1.56. The van der Waals surface area contributed by atoms with Crippen LogP contribution in [0.3, 0.4) is 0 Å². The number of carbonyl (C=O) groups is 1. The van der Waals surface area contributed by atoms with Gasteiger partial charge in [0.15, 0.2) is 0 Å². The third-order valence-corrected chi connectivity index (χ3v) is 5.15. The molecule has 0 radical (unpaired) electrons. The van der Waals surface area contributed by atoms with Gasteiger partial charge in [0.1, 0.15) is 16.9 Å². The van der Waals surface area contributed by atoms with Gasteiger partial charge in [0.2, 0.25) is 5.91 Å². The first-order valence-corrected chi connectivity index (χ1v) is 10.3. The van der Waals surface area contributed by atoms with Gasteiger partial charge in [-0.15, -0.1) is 0 Å². The van der Waals surface area contributed by atoms with Crippen molar-refractivity contribution in [2.75, 3.05) is 7.05 Å². The van der Waals surface area contributed by atoms with Crippen molar-refractivity contribution in [1.29, 1.82) is 0 Å². The van der Waals surface area contributed by atoms with E-state index in [1.165, 1.54) is 12.3 Å². The van der Waals surface area contributed by atoms with Crippen LogP contribution in [-0.2, 0) is 17.4 Å². The zero-order valence-corrected chi connectivity index (χ0v) is 18.0.